The fourth-order valence-corrected chi connectivity index (χ4v) is 5.88. The fourth-order valence-electron chi connectivity index (χ4n) is 4.47. The molecule has 1 N–H and O–H groups in total. The summed E-state index contributed by atoms with van der Waals surface area (Å²) < 4.78 is 39.9. The van der Waals surface area contributed by atoms with Crippen LogP contribution in [0, 0.1) is 6.92 Å². The van der Waals surface area contributed by atoms with E-state index < -0.39 is 28.5 Å². The van der Waals surface area contributed by atoms with E-state index in [0.29, 0.717) is 30.2 Å². The zero-order valence-corrected chi connectivity index (χ0v) is 26.0. The van der Waals surface area contributed by atoms with E-state index >= 15 is 0 Å². The molecule has 0 fully saturated rings. The first kappa shape index (κ1) is 32.5. The highest BCUT2D eigenvalue weighted by Gasteiger charge is 2.34. The average molecular weight is 596 g/mol. The van der Waals surface area contributed by atoms with Crippen molar-refractivity contribution in [3.8, 4) is 11.5 Å². The van der Waals surface area contributed by atoms with Crippen LogP contribution in [-0.4, -0.2) is 57.5 Å². The molecule has 226 valence electrons. The molecule has 10 heteroatoms. The number of methoxy groups -OCH3 is 1. The quantitative estimate of drug-likeness (QED) is 0.283. The van der Waals surface area contributed by atoms with Crippen LogP contribution in [0.15, 0.2) is 77.7 Å². The van der Waals surface area contributed by atoms with Crippen LogP contribution in [0.1, 0.15) is 45.2 Å². The summed E-state index contributed by atoms with van der Waals surface area (Å²) >= 11 is 0. The summed E-state index contributed by atoms with van der Waals surface area (Å²) in [6.45, 7) is 9.33. The van der Waals surface area contributed by atoms with Gasteiger partial charge in [-0.25, -0.2) is 8.42 Å². The maximum Gasteiger partial charge on any atom is 0.264 e. The van der Waals surface area contributed by atoms with Crippen LogP contribution in [0.5, 0.6) is 11.5 Å². The molecule has 0 radical (unpaired) electrons. The van der Waals surface area contributed by atoms with Crippen LogP contribution < -0.4 is 19.1 Å². The minimum atomic E-state index is -4.17. The highest BCUT2D eigenvalue weighted by molar-refractivity contribution is 7.92. The standard InChI is InChI=1S/C32H41N3O6S/c1-7-30(32(37)33-23(3)4)34(21-25-11-15-27(40-6)16-12-25)31(36)22-35(26-13-9-24(5)10-14-26)42(38,39)29-19-17-28(18-20-29)41-8-2/h9-20,23,30H,7-8,21-22H2,1-6H3,(H,33,37)/t30-/m1/s1. The highest BCUT2D eigenvalue weighted by atomic mass is 32.2. The first-order chi connectivity index (χ1) is 20.0. The lowest BCUT2D eigenvalue weighted by Gasteiger charge is -2.33. The van der Waals surface area contributed by atoms with E-state index in [2.05, 4.69) is 5.32 Å². The maximum atomic E-state index is 14.1. The zero-order valence-electron chi connectivity index (χ0n) is 25.2. The minimum absolute atomic E-state index is 0.0191. The van der Waals surface area contributed by atoms with Crippen LogP contribution in [0.2, 0.25) is 0 Å². The van der Waals surface area contributed by atoms with Gasteiger partial charge in [-0.1, -0.05) is 36.8 Å². The molecule has 3 rings (SSSR count). The van der Waals surface area contributed by atoms with Crippen molar-refractivity contribution in [2.45, 2.75) is 64.6 Å². The molecule has 9 nitrogen and oxygen atoms in total. The Kier molecular flexibility index (Phi) is 11.4. The Morgan fingerprint density at radius 1 is 0.881 bits per heavy atom. The van der Waals surface area contributed by atoms with Gasteiger partial charge in [0.1, 0.15) is 24.1 Å². The number of amides is 2. The van der Waals surface area contributed by atoms with Gasteiger partial charge in [-0.05, 0) is 88.2 Å². The predicted octanol–water partition coefficient (Wildman–Crippen LogP) is 4.93. The number of ether oxygens (including phenoxy) is 2. The Morgan fingerprint density at radius 2 is 1.48 bits per heavy atom. The molecule has 3 aromatic carbocycles. The fraction of sp³-hybridized carbons (Fsp3) is 0.375. The Morgan fingerprint density at radius 3 is 2.00 bits per heavy atom. The number of hydrogen-bond acceptors (Lipinski definition) is 6. The van der Waals surface area contributed by atoms with E-state index in [1.807, 2.05) is 46.8 Å². The van der Waals surface area contributed by atoms with Gasteiger partial charge in [0.05, 0.1) is 24.3 Å². The molecule has 0 bridgehead atoms. The lowest BCUT2D eigenvalue weighted by Crippen LogP contribution is -2.53. The van der Waals surface area contributed by atoms with Gasteiger partial charge in [-0.15, -0.1) is 0 Å². The molecule has 0 aliphatic carbocycles. The third-order valence-electron chi connectivity index (χ3n) is 6.65. The molecular formula is C32H41N3O6S. The minimum Gasteiger partial charge on any atom is -0.497 e. The van der Waals surface area contributed by atoms with Crippen molar-refractivity contribution in [2.24, 2.45) is 0 Å². The van der Waals surface area contributed by atoms with Crippen LogP contribution in [0.3, 0.4) is 0 Å². The molecule has 0 unspecified atom stereocenters. The zero-order chi connectivity index (χ0) is 30.9. The molecule has 42 heavy (non-hydrogen) atoms. The second kappa shape index (κ2) is 14.7. The summed E-state index contributed by atoms with van der Waals surface area (Å²) in [5.41, 5.74) is 2.06. The van der Waals surface area contributed by atoms with Crippen LogP contribution in [0.4, 0.5) is 5.69 Å². The van der Waals surface area contributed by atoms with Crippen molar-refractivity contribution in [3.63, 3.8) is 0 Å². The molecule has 2 amide bonds. The van der Waals surface area contributed by atoms with Gasteiger partial charge >= 0.3 is 0 Å². The summed E-state index contributed by atoms with van der Waals surface area (Å²) in [5, 5.41) is 2.90. The number of benzene rings is 3. The van der Waals surface area contributed by atoms with E-state index in [9.17, 15) is 18.0 Å². The summed E-state index contributed by atoms with van der Waals surface area (Å²) in [4.78, 5) is 28.8. The number of aryl methyl sites for hydroxylation is 1. The second-order valence-electron chi connectivity index (χ2n) is 10.2. The number of nitrogens with one attached hydrogen (secondary N) is 1. The Balaban J connectivity index is 2.04. The predicted molar refractivity (Wildman–Crippen MR) is 164 cm³/mol. The van der Waals surface area contributed by atoms with Crippen molar-refractivity contribution in [1.82, 2.24) is 10.2 Å². The van der Waals surface area contributed by atoms with Crippen molar-refractivity contribution >= 4 is 27.5 Å². The number of hydrogen-bond donors (Lipinski definition) is 1. The third kappa shape index (κ3) is 8.25. The molecule has 0 heterocycles. The first-order valence-electron chi connectivity index (χ1n) is 14.0. The number of nitrogens with zero attached hydrogens (tertiary/aromatic N) is 2. The van der Waals surface area contributed by atoms with Gasteiger partial charge in [-0.3, -0.25) is 13.9 Å². The topological polar surface area (TPSA) is 105 Å². The lowest BCUT2D eigenvalue weighted by molar-refractivity contribution is -0.140. The van der Waals surface area contributed by atoms with Crippen LogP contribution >= 0.6 is 0 Å². The summed E-state index contributed by atoms with van der Waals surface area (Å²) in [6, 6.07) is 19.3. The normalized spacial score (nSPS) is 12.0. The first-order valence-corrected chi connectivity index (χ1v) is 15.5. The van der Waals surface area contributed by atoms with Gasteiger partial charge < -0.3 is 19.7 Å². The Labute approximate surface area is 249 Å². The van der Waals surface area contributed by atoms with E-state index in [1.54, 1.807) is 55.6 Å². The van der Waals surface area contributed by atoms with E-state index in [0.717, 1.165) is 15.4 Å². The molecule has 3 aromatic rings. The van der Waals surface area contributed by atoms with Gasteiger partial charge in [0, 0.05) is 12.6 Å². The van der Waals surface area contributed by atoms with E-state index in [-0.39, 0.29) is 23.4 Å². The van der Waals surface area contributed by atoms with Crippen molar-refractivity contribution in [1.29, 1.82) is 0 Å². The van der Waals surface area contributed by atoms with Gasteiger partial charge in [0.25, 0.3) is 10.0 Å². The van der Waals surface area contributed by atoms with Gasteiger partial charge in [0.2, 0.25) is 11.8 Å². The molecule has 0 aromatic heterocycles. The molecule has 0 saturated carbocycles. The summed E-state index contributed by atoms with van der Waals surface area (Å²) in [6.07, 6.45) is 0.344. The number of carbonyl (C=O) groups excluding carboxylic acids is 2. The summed E-state index contributed by atoms with van der Waals surface area (Å²) in [5.74, 6) is 0.396. The molecule has 1 atom stereocenters. The van der Waals surface area contributed by atoms with Crippen molar-refractivity contribution in [2.75, 3.05) is 24.6 Å². The van der Waals surface area contributed by atoms with E-state index in [4.69, 9.17) is 9.47 Å². The van der Waals surface area contributed by atoms with Crippen LogP contribution in [0.25, 0.3) is 0 Å². The smallest absolute Gasteiger partial charge is 0.264 e. The molecule has 0 spiro atoms. The SMILES string of the molecule is CCOc1ccc(S(=O)(=O)N(CC(=O)N(Cc2ccc(OC)cc2)[C@H](CC)C(=O)NC(C)C)c2ccc(C)cc2)cc1. The molecule has 0 aliphatic heterocycles. The number of sulfonamides is 1. The van der Waals surface area contributed by atoms with Gasteiger partial charge in [0.15, 0.2) is 0 Å². The number of anilines is 1. The molecule has 0 aliphatic rings. The number of rotatable bonds is 14. The van der Waals surface area contributed by atoms with E-state index in [1.165, 1.54) is 17.0 Å². The lowest BCUT2D eigenvalue weighted by atomic mass is 10.1. The van der Waals surface area contributed by atoms with Crippen molar-refractivity contribution < 1.29 is 27.5 Å². The second-order valence-corrected chi connectivity index (χ2v) is 12.1. The Hall–Kier alpha value is -4.05. The third-order valence-corrected chi connectivity index (χ3v) is 8.44. The van der Waals surface area contributed by atoms with Crippen molar-refractivity contribution in [3.05, 3.63) is 83.9 Å². The summed E-state index contributed by atoms with van der Waals surface area (Å²) in [7, 11) is -2.60. The molecular weight excluding hydrogens is 554 g/mol. The Bertz CT molecular complexity index is 1420. The maximum absolute atomic E-state index is 14.1. The highest BCUT2D eigenvalue weighted by Crippen LogP contribution is 2.27. The monoisotopic (exact) mass is 595 g/mol. The van der Waals surface area contributed by atoms with Gasteiger partial charge in [-0.2, -0.15) is 0 Å². The number of carbonyl (C=O) groups is 2. The molecule has 0 saturated heterocycles. The largest absolute Gasteiger partial charge is 0.497 e. The van der Waals surface area contributed by atoms with Crippen LogP contribution in [-0.2, 0) is 26.2 Å². The average Bonchev–Trinajstić information content (AvgIpc) is 2.96.